The van der Waals surface area contributed by atoms with Crippen LogP contribution in [0.2, 0.25) is 0 Å². The first-order valence-electron chi connectivity index (χ1n) is 8.67. The monoisotopic (exact) mass is 343 g/mol. The summed E-state index contributed by atoms with van der Waals surface area (Å²) >= 11 is 0. The molecule has 1 saturated heterocycles. The number of carbonyl (C=O) groups excluding carboxylic acids is 1. The number of carbonyl (C=O) groups is 1. The number of aromatic nitrogens is 2. The molecule has 0 N–H and O–H groups in total. The molecular formula is C19H22FN3O2. The molecule has 1 aliphatic carbocycles. The molecule has 2 aliphatic rings. The van der Waals surface area contributed by atoms with E-state index < -0.39 is 5.41 Å². The number of morpholine rings is 1. The summed E-state index contributed by atoms with van der Waals surface area (Å²) in [7, 11) is 1.93. The Bertz CT molecular complexity index is 813. The fourth-order valence-electron chi connectivity index (χ4n) is 3.80. The van der Waals surface area contributed by atoms with Gasteiger partial charge in [0.1, 0.15) is 17.7 Å². The zero-order valence-corrected chi connectivity index (χ0v) is 14.5. The number of amides is 1. The van der Waals surface area contributed by atoms with Crippen molar-refractivity contribution in [1.29, 1.82) is 0 Å². The number of hydrogen-bond donors (Lipinski definition) is 0. The van der Waals surface area contributed by atoms with Crippen molar-refractivity contribution in [2.75, 3.05) is 19.7 Å². The fourth-order valence-corrected chi connectivity index (χ4v) is 3.80. The second-order valence-electron chi connectivity index (χ2n) is 7.02. The van der Waals surface area contributed by atoms with Crippen LogP contribution in [-0.2, 0) is 22.0 Å². The van der Waals surface area contributed by atoms with Crippen molar-refractivity contribution in [1.82, 2.24) is 14.5 Å². The predicted octanol–water partition coefficient (Wildman–Crippen LogP) is 2.50. The van der Waals surface area contributed by atoms with Gasteiger partial charge in [-0.3, -0.25) is 4.79 Å². The molecule has 6 heteroatoms. The van der Waals surface area contributed by atoms with Crippen LogP contribution in [0.1, 0.15) is 36.0 Å². The maximum atomic E-state index is 14.2. The van der Waals surface area contributed by atoms with Crippen LogP contribution < -0.4 is 0 Å². The van der Waals surface area contributed by atoms with E-state index in [0.29, 0.717) is 38.1 Å². The fraction of sp³-hybridized carbons (Fsp3) is 0.474. The van der Waals surface area contributed by atoms with Gasteiger partial charge in [-0.05, 0) is 25.8 Å². The van der Waals surface area contributed by atoms with Crippen molar-refractivity contribution >= 4 is 5.91 Å². The number of rotatable bonds is 3. The highest BCUT2D eigenvalue weighted by atomic mass is 19.1. The molecule has 2 fully saturated rings. The van der Waals surface area contributed by atoms with Crippen LogP contribution in [0.3, 0.4) is 0 Å². The molecule has 4 rings (SSSR count). The normalized spacial score (nSPS) is 22.0. The first-order valence-corrected chi connectivity index (χ1v) is 8.67. The van der Waals surface area contributed by atoms with Crippen molar-refractivity contribution in [3.05, 3.63) is 53.4 Å². The lowest BCUT2D eigenvalue weighted by Gasteiger charge is -2.35. The smallest absolute Gasteiger partial charge is 0.233 e. The second-order valence-corrected chi connectivity index (χ2v) is 7.02. The summed E-state index contributed by atoms with van der Waals surface area (Å²) < 4.78 is 22.0. The first-order chi connectivity index (χ1) is 12.0. The van der Waals surface area contributed by atoms with Gasteiger partial charge >= 0.3 is 0 Å². The van der Waals surface area contributed by atoms with Crippen LogP contribution in [0.4, 0.5) is 4.39 Å². The highest BCUT2D eigenvalue weighted by Crippen LogP contribution is 2.50. The molecule has 1 amide bonds. The van der Waals surface area contributed by atoms with Gasteiger partial charge in [0.25, 0.3) is 0 Å². The van der Waals surface area contributed by atoms with Crippen molar-refractivity contribution < 1.29 is 13.9 Å². The van der Waals surface area contributed by atoms with Gasteiger partial charge < -0.3 is 14.2 Å². The molecule has 1 saturated carbocycles. The summed E-state index contributed by atoms with van der Waals surface area (Å²) in [6.45, 7) is 3.40. The highest BCUT2D eigenvalue weighted by molar-refractivity contribution is 5.91. The molecule has 25 heavy (non-hydrogen) atoms. The maximum absolute atomic E-state index is 14.2. The van der Waals surface area contributed by atoms with Crippen LogP contribution in [0.25, 0.3) is 0 Å². The number of halogens is 1. The number of imidazole rings is 1. The second kappa shape index (κ2) is 5.95. The van der Waals surface area contributed by atoms with E-state index in [1.165, 1.54) is 6.07 Å². The average molecular weight is 343 g/mol. The van der Waals surface area contributed by atoms with Crippen LogP contribution >= 0.6 is 0 Å². The molecular weight excluding hydrogens is 321 g/mol. The van der Waals surface area contributed by atoms with Crippen molar-refractivity contribution in [2.24, 2.45) is 7.05 Å². The van der Waals surface area contributed by atoms with E-state index in [2.05, 4.69) is 4.98 Å². The van der Waals surface area contributed by atoms with Gasteiger partial charge in [0, 0.05) is 25.4 Å². The average Bonchev–Trinajstić information content (AvgIpc) is 3.34. The molecule has 1 aliphatic heterocycles. The Morgan fingerprint density at radius 1 is 1.36 bits per heavy atom. The Balaban J connectivity index is 1.57. The molecule has 2 heterocycles. The van der Waals surface area contributed by atoms with Crippen LogP contribution in [-0.4, -0.2) is 40.1 Å². The Kier molecular flexibility index (Phi) is 3.87. The third kappa shape index (κ3) is 2.74. The molecule has 0 radical (unpaired) electrons. The minimum absolute atomic E-state index is 0.0110. The maximum Gasteiger partial charge on any atom is 0.233 e. The van der Waals surface area contributed by atoms with Crippen LogP contribution in [0.5, 0.6) is 0 Å². The van der Waals surface area contributed by atoms with Gasteiger partial charge in [-0.1, -0.05) is 18.2 Å². The van der Waals surface area contributed by atoms with E-state index >= 15 is 0 Å². The largest absolute Gasteiger partial charge is 0.367 e. The third-order valence-corrected chi connectivity index (χ3v) is 5.22. The van der Waals surface area contributed by atoms with E-state index in [0.717, 1.165) is 11.5 Å². The topological polar surface area (TPSA) is 47.4 Å². The molecule has 2 aromatic rings. The summed E-state index contributed by atoms with van der Waals surface area (Å²) in [5.74, 6) is 0.542. The van der Waals surface area contributed by atoms with Crippen molar-refractivity contribution in [2.45, 2.75) is 31.3 Å². The van der Waals surface area contributed by atoms with Crippen molar-refractivity contribution in [3.8, 4) is 0 Å². The Hall–Kier alpha value is -2.21. The molecule has 5 nitrogen and oxygen atoms in total. The lowest BCUT2D eigenvalue weighted by molar-refractivity contribution is -0.142. The number of benzene rings is 1. The third-order valence-electron chi connectivity index (χ3n) is 5.22. The molecule has 0 spiro atoms. The number of ether oxygens (including phenoxy) is 1. The van der Waals surface area contributed by atoms with Gasteiger partial charge in [0.05, 0.1) is 24.3 Å². The Morgan fingerprint density at radius 3 is 2.76 bits per heavy atom. The van der Waals surface area contributed by atoms with E-state index in [4.69, 9.17) is 4.74 Å². The molecule has 0 bridgehead atoms. The molecule has 1 atom stereocenters. The SMILES string of the molecule is Cc1cn(C)c(C2CN(C(=O)C3(c4ccccc4F)CC3)CCO2)n1. The lowest BCUT2D eigenvalue weighted by Crippen LogP contribution is -2.47. The van der Waals surface area contributed by atoms with E-state index in [9.17, 15) is 9.18 Å². The summed E-state index contributed by atoms with van der Waals surface area (Å²) in [5.41, 5.74) is 0.760. The van der Waals surface area contributed by atoms with E-state index in [1.807, 2.05) is 29.6 Å². The zero-order valence-electron chi connectivity index (χ0n) is 14.5. The van der Waals surface area contributed by atoms with Crippen LogP contribution in [0, 0.1) is 12.7 Å². The summed E-state index contributed by atoms with van der Waals surface area (Å²) in [6.07, 6.45) is 3.11. The summed E-state index contributed by atoms with van der Waals surface area (Å²) in [5, 5.41) is 0. The number of nitrogens with zero attached hydrogens (tertiary/aromatic N) is 3. The predicted molar refractivity (Wildman–Crippen MR) is 90.5 cm³/mol. The molecule has 1 aromatic heterocycles. The first kappa shape index (κ1) is 16.3. The minimum atomic E-state index is -0.690. The van der Waals surface area contributed by atoms with Gasteiger partial charge in [-0.15, -0.1) is 0 Å². The highest BCUT2D eigenvalue weighted by Gasteiger charge is 2.54. The van der Waals surface area contributed by atoms with Gasteiger partial charge in [0.2, 0.25) is 5.91 Å². The molecule has 1 unspecified atom stereocenters. The Morgan fingerprint density at radius 2 is 2.12 bits per heavy atom. The lowest BCUT2D eigenvalue weighted by atomic mass is 9.93. The van der Waals surface area contributed by atoms with Gasteiger partial charge in [-0.25, -0.2) is 9.37 Å². The number of aryl methyl sites for hydroxylation is 2. The van der Waals surface area contributed by atoms with Crippen molar-refractivity contribution in [3.63, 3.8) is 0 Å². The van der Waals surface area contributed by atoms with Gasteiger partial charge in [-0.2, -0.15) is 0 Å². The standard InChI is InChI=1S/C19H22FN3O2/c1-13-11-22(2)17(21-13)16-12-23(9-10-25-16)18(24)19(7-8-19)14-5-3-4-6-15(14)20/h3-6,11,16H,7-10,12H2,1-2H3. The van der Waals surface area contributed by atoms with E-state index in [1.54, 1.807) is 18.2 Å². The molecule has 1 aromatic carbocycles. The van der Waals surface area contributed by atoms with Gasteiger partial charge in [0.15, 0.2) is 0 Å². The number of hydrogen-bond acceptors (Lipinski definition) is 3. The van der Waals surface area contributed by atoms with E-state index in [-0.39, 0.29) is 17.8 Å². The van der Waals surface area contributed by atoms with Crippen LogP contribution in [0.15, 0.2) is 30.5 Å². The molecule has 132 valence electrons. The quantitative estimate of drug-likeness (QED) is 0.860. The Labute approximate surface area is 146 Å². The summed E-state index contributed by atoms with van der Waals surface area (Å²) in [6, 6.07) is 6.62. The zero-order chi connectivity index (χ0) is 17.6. The summed E-state index contributed by atoms with van der Waals surface area (Å²) in [4.78, 5) is 19.5. The minimum Gasteiger partial charge on any atom is -0.367 e.